The van der Waals surface area contributed by atoms with E-state index in [0.717, 1.165) is 12.8 Å². The first-order valence-electron chi connectivity index (χ1n) is 10.3. The number of hydrogen-bond donors (Lipinski definition) is 1. The second kappa shape index (κ2) is 10.4. The third-order valence-corrected chi connectivity index (χ3v) is 5.99. The molecular formula is C21H28N4O3S. The van der Waals surface area contributed by atoms with Crippen molar-refractivity contribution in [2.75, 3.05) is 24.2 Å². The maximum Gasteiger partial charge on any atom is 0.277 e. The highest BCUT2D eigenvalue weighted by atomic mass is 32.2. The molecule has 156 valence electrons. The number of benzene rings is 1. The number of hydrogen-bond acceptors (Lipinski definition) is 6. The maximum atomic E-state index is 12.3. The summed E-state index contributed by atoms with van der Waals surface area (Å²) in [5, 5.41) is 11.5. The van der Waals surface area contributed by atoms with Gasteiger partial charge in [0.1, 0.15) is 0 Å². The zero-order chi connectivity index (χ0) is 20.6. The van der Waals surface area contributed by atoms with Gasteiger partial charge in [-0.25, -0.2) is 0 Å². The van der Waals surface area contributed by atoms with E-state index in [1.165, 1.54) is 31.0 Å². The van der Waals surface area contributed by atoms with Crippen LogP contribution < -0.4 is 5.32 Å². The van der Waals surface area contributed by atoms with Crippen LogP contribution in [0.3, 0.4) is 0 Å². The second-order valence-electron chi connectivity index (χ2n) is 7.13. The molecule has 1 aliphatic rings. The van der Waals surface area contributed by atoms with Gasteiger partial charge in [-0.3, -0.25) is 9.59 Å². The van der Waals surface area contributed by atoms with Crippen LogP contribution in [-0.2, 0) is 4.79 Å². The Kier molecular flexibility index (Phi) is 7.69. The predicted octanol–water partition coefficient (Wildman–Crippen LogP) is 4.33. The average molecular weight is 417 g/mol. The van der Waals surface area contributed by atoms with Gasteiger partial charge in [0.2, 0.25) is 11.8 Å². The molecular weight excluding hydrogens is 388 g/mol. The third-order valence-electron chi connectivity index (χ3n) is 5.17. The summed E-state index contributed by atoms with van der Waals surface area (Å²) < 4.78 is 5.73. The third kappa shape index (κ3) is 5.82. The molecule has 1 heterocycles. The Hall–Kier alpha value is -2.35. The van der Waals surface area contributed by atoms with Gasteiger partial charge in [0.15, 0.2) is 0 Å². The molecule has 0 aliphatic heterocycles. The molecule has 7 nitrogen and oxygen atoms in total. The summed E-state index contributed by atoms with van der Waals surface area (Å²) in [6.07, 6.45) is 5.88. The van der Waals surface area contributed by atoms with E-state index in [1.54, 1.807) is 29.2 Å². The van der Waals surface area contributed by atoms with Crippen molar-refractivity contribution < 1.29 is 14.0 Å². The summed E-state index contributed by atoms with van der Waals surface area (Å²) in [6.45, 7) is 5.25. The van der Waals surface area contributed by atoms with Crippen molar-refractivity contribution in [3.8, 4) is 0 Å². The van der Waals surface area contributed by atoms with E-state index in [9.17, 15) is 9.59 Å². The van der Waals surface area contributed by atoms with Crippen molar-refractivity contribution in [3.05, 3.63) is 35.7 Å². The molecule has 1 fully saturated rings. The minimum Gasteiger partial charge on any atom is -0.416 e. The van der Waals surface area contributed by atoms with E-state index < -0.39 is 0 Å². The number of thioether (sulfide) groups is 1. The monoisotopic (exact) mass is 416 g/mol. The molecule has 0 saturated heterocycles. The Morgan fingerprint density at radius 2 is 1.79 bits per heavy atom. The van der Waals surface area contributed by atoms with E-state index >= 15 is 0 Å². The molecule has 0 unspecified atom stereocenters. The standard InChI is InChI=1S/C21H28N4O3S/c1-3-25(4-2)20(27)16-10-12-17(13-11-16)22-18(26)14-29-21-24-23-19(28-21)15-8-6-5-7-9-15/h10-13,15H,3-9,14H2,1-2H3,(H,22,26). The molecule has 8 heteroatoms. The van der Waals surface area contributed by atoms with Crippen LogP contribution in [0.5, 0.6) is 0 Å². The minimum absolute atomic E-state index is 0.00593. The predicted molar refractivity (Wildman–Crippen MR) is 113 cm³/mol. The first kappa shape index (κ1) is 21.4. The Labute approximate surface area is 175 Å². The number of aromatic nitrogens is 2. The summed E-state index contributed by atoms with van der Waals surface area (Å²) in [4.78, 5) is 26.3. The Morgan fingerprint density at radius 1 is 1.10 bits per heavy atom. The topological polar surface area (TPSA) is 88.3 Å². The highest BCUT2D eigenvalue weighted by Crippen LogP contribution is 2.32. The lowest BCUT2D eigenvalue weighted by atomic mass is 9.89. The smallest absolute Gasteiger partial charge is 0.277 e. The molecule has 0 spiro atoms. The normalized spacial score (nSPS) is 14.6. The number of carbonyl (C=O) groups excluding carboxylic acids is 2. The fraction of sp³-hybridized carbons (Fsp3) is 0.524. The van der Waals surface area contributed by atoms with Gasteiger partial charge in [-0.1, -0.05) is 31.0 Å². The van der Waals surface area contributed by atoms with E-state index in [1.807, 2.05) is 13.8 Å². The van der Waals surface area contributed by atoms with Crippen molar-refractivity contribution in [1.82, 2.24) is 15.1 Å². The zero-order valence-electron chi connectivity index (χ0n) is 17.0. The second-order valence-corrected chi connectivity index (χ2v) is 8.06. The molecule has 3 rings (SSSR count). The van der Waals surface area contributed by atoms with Crippen LogP contribution in [0.4, 0.5) is 5.69 Å². The van der Waals surface area contributed by atoms with Gasteiger partial charge in [0.25, 0.3) is 11.1 Å². The van der Waals surface area contributed by atoms with E-state index in [-0.39, 0.29) is 17.6 Å². The fourth-order valence-electron chi connectivity index (χ4n) is 3.51. The Balaban J connectivity index is 1.48. The van der Waals surface area contributed by atoms with Crippen molar-refractivity contribution in [2.24, 2.45) is 0 Å². The summed E-state index contributed by atoms with van der Waals surface area (Å²) in [7, 11) is 0. The first-order chi connectivity index (χ1) is 14.1. The van der Waals surface area contributed by atoms with Gasteiger partial charge in [0, 0.05) is 30.3 Å². The number of rotatable bonds is 8. The molecule has 1 aliphatic carbocycles. The summed E-state index contributed by atoms with van der Waals surface area (Å²) in [5.74, 6) is 1.08. The number of carbonyl (C=O) groups is 2. The molecule has 0 radical (unpaired) electrons. The average Bonchev–Trinajstić information content (AvgIpc) is 3.23. The van der Waals surface area contributed by atoms with Crippen LogP contribution in [0, 0.1) is 0 Å². The number of amides is 2. The van der Waals surface area contributed by atoms with Gasteiger partial charge in [-0.15, -0.1) is 10.2 Å². The van der Waals surface area contributed by atoms with Crippen LogP contribution in [0.1, 0.15) is 68.1 Å². The van der Waals surface area contributed by atoms with Crippen LogP contribution in [0.15, 0.2) is 33.9 Å². The maximum absolute atomic E-state index is 12.3. The molecule has 1 aromatic heterocycles. The molecule has 1 saturated carbocycles. The first-order valence-corrected chi connectivity index (χ1v) is 11.2. The van der Waals surface area contributed by atoms with Gasteiger partial charge in [0.05, 0.1) is 5.75 Å². The fourth-order valence-corrected chi connectivity index (χ4v) is 4.08. The quantitative estimate of drug-likeness (QED) is 0.645. The Bertz CT molecular complexity index is 812. The van der Waals surface area contributed by atoms with Crippen molar-refractivity contribution >= 4 is 29.3 Å². The van der Waals surface area contributed by atoms with Crippen LogP contribution >= 0.6 is 11.8 Å². The van der Waals surface area contributed by atoms with E-state index in [2.05, 4.69) is 15.5 Å². The number of nitrogens with one attached hydrogen (secondary N) is 1. The summed E-state index contributed by atoms with van der Waals surface area (Å²) in [5.41, 5.74) is 1.27. The summed E-state index contributed by atoms with van der Waals surface area (Å²) >= 11 is 1.24. The number of anilines is 1. The minimum atomic E-state index is -0.157. The van der Waals surface area contributed by atoms with Gasteiger partial charge in [-0.2, -0.15) is 0 Å². The van der Waals surface area contributed by atoms with Crippen LogP contribution in [0.25, 0.3) is 0 Å². The highest BCUT2D eigenvalue weighted by Gasteiger charge is 2.21. The van der Waals surface area contributed by atoms with Gasteiger partial charge >= 0.3 is 0 Å². The van der Waals surface area contributed by atoms with Crippen molar-refractivity contribution in [3.63, 3.8) is 0 Å². The lowest BCUT2D eigenvalue weighted by Gasteiger charge is -2.18. The molecule has 2 amide bonds. The lowest BCUT2D eigenvalue weighted by Crippen LogP contribution is -2.30. The molecule has 0 atom stereocenters. The van der Waals surface area contributed by atoms with Crippen LogP contribution in [-0.4, -0.2) is 45.8 Å². The summed E-state index contributed by atoms with van der Waals surface area (Å²) in [6, 6.07) is 6.95. The zero-order valence-corrected chi connectivity index (χ0v) is 17.8. The van der Waals surface area contributed by atoms with Crippen molar-refractivity contribution in [1.29, 1.82) is 0 Å². The number of nitrogens with zero attached hydrogens (tertiary/aromatic N) is 3. The molecule has 29 heavy (non-hydrogen) atoms. The molecule has 1 aromatic carbocycles. The highest BCUT2D eigenvalue weighted by molar-refractivity contribution is 7.99. The molecule has 1 N–H and O–H groups in total. The molecule has 0 bridgehead atoms. The van der Waals surface area contributed by atoms with Crippen LogP contribution in [0.2, 0.25) is 0 Å². The largest absolute Gasteiger partial charge is 0.416 e. The van der Waals surface area contributed by atoms with Crippen molar-refractivity contribution in [2.45, 2.75) is 57.1 Å². The lowest BCUT2D eigenvalue weighted by molar-refractivity contribution is -0.113. The SMILES string of the molecule is CCN(CC)C(=O)c1ccc(NC(=O)CSc2nnc(C3CCCCC3)o2)cc1. The Morgan fingerprint density at radius 3 is 2.45 bits per heavy atom. The van der Waals surface area contributed by atoms with Gasteiger partial charge in [-0.05, 0) is 51.0 Å². The molecule has 2 aromatic rings. The van der Waals surface area contributed by atoms with E-state index in [4.69, 9.17) is 4.42 Å². The van der Waals surface area contributed by atoms with Gasteiger partial charge < -0.3 is 14.6 Å². The van der Waals surface area contributed by atoms with E-state index in [0.29, 0.717) is 41.4 Å².